The second-order valence-electron chi connectivity index (χ2n) is 4.15. The maximum atomic E-state index is 11.3. The third kappa shape index (κ3) is 7.01. The van der Waals surface area contributed by atoms with Crippen molar-refractivity contribution in [1.29, 1.82) is 0 Å². The van der Waals surface area contributed by atoms with Crippen molar-refractivity contribution < 1.29 is 13.2 Å². The third-order valence-electron chi connectivity index (χ3n) is 2.36. The second-order valence-corrected chi connectivity index (χ2v) is 6.41. The highest BCUT2D eigenvalue weighted by Gasteiger charge is 2.07. The molecule has 0 radical (unpaired) electrons. The van der Waals surface area contributed by atoms with Gasteiger partial charge in [0.1, 0.15) is 9.84 Å². The molecule has 1 heterocycles. The van der Waals surface area contributed by atoms with E-state index in [1.54, 1.807) is 6.20 Å². The molecule has 0 aliphatic carbocycles. The van der Waals surface area contributed by atoms with E-state index < -0.39 is 9.84 Å². The summed E-state index contributed by atoms with van der Waals surface area (Å²) in [6.07, 6.45) is 4.48. The minimum atomic E-state index is -3.06. The molecule has 0 aliphatic rings. The van der Waals surface area contributed by atoms with Gasteiger partial charge in [-0.2, -0.15) is 0 Å². The largest absolute Gasteiger partial charge is 0.356 e. The number of hydrogen-bond donors (Lipinski definition) is 1. The first-order valence-corrected chi connectivity index (χ1v) is 7.88. The number of rotatable bonds is 7. The lowest BCUT2D eigenvalue weighted by atomic mass is 10.2. The Labute approximate surface area is 108 Å². The predicted molar refractivity (Wildman–Crippen MR) is 69.9 cm³/mol. The molecule has 0 aliphatic heterocycles. The molecule has 5 nitrogen and oxygen atoms in total. The van der Waals surface area contributed by atoms with Crippen LogP contribution in [0.1, 0.15) is 18.5 Å². The molecular weight excluding hydrogens is 252 g/mol. The van der Waals surface area contributed by atoms with Gasteiger partial charge in [0.2, 0.25) is 5.91 Å². The number of amides is 1. The van der Waals surface area contributed by atoms with Crippen LogP contribution in [0.5, 0.6) is 0 Å². The van der Waals surface area contributed by atoms with Gasteiger partial charge in [0, 0.05) is 31.1 Å². The van der Waals surface area contributed by atoms with E-state index in [0.717, 1.165) is 24.8 Å². The molecule has 0 atom stereocenters. The highest BCUT2D eigenvalue weighted by Crippen LogP contribution is 1.97. The van der Waals surface area contributed by atoms with Crippen LogP contribution in [0.3, 0.4) is 0 Å². The average Bonchev–Trinajstić information content (AvgIpc) is 2.33. The first-order valence-electron chi connectivity index (χ1n) is 5.82. The number of carbonyl (C=O) groups is 1. The number of carbonyl (C=O) groups excluding carboxylic acids is 1. The van der Waals surface area contributed by atoms with E-state index in [1.807, 2.05) is 18.2 Å². The number of aromatic nitrogens is 1. The predicted octanol–water partition coefficient (Wildman–Crippen LogP) is 0.565. The molecule has 100 valence electrons. The van der Waals surface area contributed by atoms with Crippen LogP contribution >= 0.6 is 0 Å². The summed E-state index contributed by atoms with van der Waals surface area (Å²) >= 11 is 0. The SMILES string of the molecule is CS(=O)(=O)CCC(=O)NCCCc1ccccn1. The van der Waals surface area contributed by atoms with Crippen molar-refractivity contribution in [2.75, 3.05) is 18.6 Å². The van der Waals surface area contributed by atoms with Crippen molar-refractivity contribution in [1.82, 2.24) is 10.3 Å². The maximum absolute atomic E-state index is 11.3. The molecule has 1 N–H and O–H groups in total. The quantitative estimate of drug-likeness (QED) is 0.735. The Hall–Kier alpha value is -1.43. The lowest BCUT2D eigenvalue weighted by Crippen LogP contribution is -2.26. The van der Waals surface area contributed by atoms with Crippen LogP contribution in [0.2, 0.25) is 0 Å². The summed E-state index contributed by atoms with van der Waals surface area (Å²) in [5, 5.41) is 2.69. The first-order chi connectivity index (χ1) is 8.47. The molecule has 6 heteroatoms. The smallest absolute Gasteiger partial charge is 0.221 e. The van der Waals surface area contributed by atoms with Crippen molar-refractivity contribution in [3.8, 4) is 0 Å². The zero-order valence-corrected chi connectivity index (χ0v) is 11.2. The van der Waals surface area contributed by atoms with Crippen LogP contribution < -0.4 is 5.32 Å². The third-order valence-corrected chi connectivity index (χ3v) is 3.30. The Morgan fingerprint density at radius 2 is 2.17 bits per heavy atom. The molecule has 0 unspecified atom stereocenters. The van der Waals surface area contributed by atoms with Gasteiger partial charge in [0.25, 0.3) is 0 Å². The van der Waals surface area contributed by atoms with Gasteiger partial charge in [0.05, 0.1) is 5.75 Å². The Bertz CT molecular complexity index is 471. The fourth-order valence-corrected chi connectivity index (χ4v) is 1.97. The molecule has 0 spiro atoms. The van der Waals surface area contributed by atoms with E-state index in [2.05, 4.69) is 10.3 Å². The van der Waals surface area contributed by atoms with Gasteiger partial charge in [0.15, 0.2) is 0 Å². The fraction of sp³-hybridized carbons (Fsp3) is 0.500. The minimum Gasteiger partial charge on any atom is -0.356 e. The van der Waals surface area contributed by atoms with Crippen molar-refractivity contribution >= 4 is 15.7 Å². The first kappa shape index (κ1) is 14.6. The molecule has 18 heavy (non-hydrogen) atoms. The molecule has 1 aromatic heterocycles. The Kier molecular flexibility index (Phi) is 5.77. The molecule has 1 rings (SSSR count). The van der Waals surface area contributed by atoms with Crippen LogP contribution in [0.15, 0.2) is 24.4 Å². The number of aryl methyl sites for hydroxylation is 1. The summed E-state index contributed by atoms with van der Waals surface area (Å²) in [7, 11) is -3.06. The van der Waals surface area contributed by atoms with E-state index >= 15 is 0 Å². The molecule has 1 aromatic rings. The van der Waals surface area contributed by atoms with Crippen molar-refractivity contribution in [2.24, 2.45) is 0 Å². The van der Waals surface area contributed by atoms with Crippen molar-refractivity contribution in [2.45, 2.75) is 19.3 Å². The molecular formula is C12H18N2O3S. The lowest BCUT2D eigenvalue weighted by molar-refractivity contribution is -0.120. The number of nitrogens with one attached hydrogen (secondary N) is 1. The Morgan fingerprint density at radius 3 is 2.78 bits per heavy atom. The molecule has 0 saturated carbocycles. The highest BCUT2D eigenvalue weighted by atomic mass is 32.2. The molecule has 0 fully saturated rings. The second kappa shape index (κ2) is 7.10. The van der Waals surface area contributed by atoms with Gasteiger partial charge < -0.3 is 5.32 Å². The zero-order valence-electron chi connectivity index (χ0n) is 10.4. The van der Waals surface area contributed by atoms with Gasteiger partial charge in [-0.1, -0.05) is 6.07 Å². The monoisotopic (exact) mass is 270 g/mol. The van der Waals surface area contributed by atoms with Crippen LogP contribution in [0, 0.1) is 0 Å². The van der Waals surface area contributed by atoms with Crippen molar-refractivity contribution in [3.05, 3.63) is 30.1 Å². The zero-order chi connectivity index (χ0) is 13.4. The summed E-state index contributed by atoms with van der Waals surface area (Å²) in [6, 6.07) is 5.72. The number of nitrogens with zero attached hydrogens (tertiary/aromatic N) is 1. The van der Waals surface area contributed by atoms with E-state index in [4.69, 9.17) is 0 Å². The van der Waals surface area contributed by atoms with Gasteiger partial charge in [-0.05, 0) is 25.0 Å². The van der Waals surface area contributed by atoms with Gasteiger partial charge >= 0.3 is 0 Å². The van der Waals surface area contributed by atoms with Crippen LogP contribution in [-0.4, -0.2) is 37.9 Å². The minimum absolute atomic E-state index is 0.0302. The molecule has 0 saturated heterocycles. The number of sulfone groups is 1. The Balaban J connectivity index is 2.13. The lowest BCUT2D eigenvalue weighted by Gasteiger charge is -2.04. The topological polar surface area (TPSA) is 76.1 Å². The summed E-state index contributed by atoms with van der Waals surface area (Å²) in [5.74, 6) is -0.319. The maximum Gasteiger partial charge on any atom is 0.221 e. The van der Waals surface area contributed by atoms with E-state index in [9.17, 15) is 13.2 Å². The summed E-state index contributed by atoms with van der Waals surface area (Å²) in [5.41, 5.74) is 0.989. The normalized spacial score (nSPS) is 11.2. The molecule has 1 amide bonds. The number of pyridine rings is 1. The van der Waals surface area contributed by atoms with Crippen molar-refractivity contribution in [3.63, 3.8) is 0 Å². The summed E-state index contributed by atoms with van der Waals surface area (Å²) in [4.78, 5) is 15.5. The standard InChI is InChI=1S/C12H18N2O3S/c1-18(16,17)10-7-12(15)14-9-4-6-11-5-2-3-8-13-11/h2-3,5,8H,4,6-7,9-10H2,1H3,(H,14,15). The summed E-state index contributed by atoms with van der Waals surface area (Å²) in [6.45, 7) is 0.541. The van der Waals surface area contributed by atoms with E-state index in [-0.39, 0.29) is 18.1 Å². The average molecular weight is 270 g/mol. The Morgan fingerprint density at radius 1 is 1.39 bits per heavy atom. The van der Waals surface area contributed by atoms with E-state index in [1.165, 1.54) is 0 Å². The van der Waals surface area contributed by atoms with Crippen LogP contribution in [0.25, 0.3) is 0 Å². The van der Waals surface area contributed by atoms with Gasteiger partial charge in [-0.3, -0.25) is 9.78 Å². The van der Waals surface area contributed by atoms with Crippen LogP contribution in [-0.2, 0) is 21.1 Å². The fourth-order valence-electron chi connectivity index (χ4n) is 1.41. The highest BCUT2D eigenvalue weighted by molar-refractivity contribution is 7.90. The van der Waals surface area contributed by atoms with Gasteiger partial charge in [-0.15, -0.1) is 0 Å². The number of hydrogen-bond acceptors (Lipinski definition) is 4. The molecule has 0 aromatic carbocycles. The van der Waals surface area contributed by atoms with Crippen LogP contribution in [0.4, 0.5) is 0 Å². The van der Waals surface area contributed by atoms with E-state index in [0.29, 0.717) is 6.54 Å². The molecule has 0 bridgehead atoms. The van der Waals surface area contributed by atoms with Gasteiger partial charge in [-0.25, -0.2) is 8.42 Å². The summed E-state index contributed by atoms with van der Waals surface area (Å²) < 4.78 is 21.7.